The van der Waals surface area contributed by atoms with Gasteiger partial charge in [0.2, 0.25) is 0 Å². The van der Waals surface area contributed by atoms with Gasteiger partial charge in [-0.2, -0.15) is 0 Å². The van der Waals surface area contributed by atoms with Crippen molar-refractivity contribution in [3.8, 4) is 5.75 Å². The quantitative estimate of drug-likeness (QED) is 0.326. The van der Waals surface area contributed by atoms with E-state index in [0.29, 0.717) is 19.8 Å². The molecule has 3 rings (SSSR count). The second-order valence-corrected chi connectivity index (χ2v) is 7.32. The lowest BCUT2D eigenvalue weighted by atomic mass is 9.74. The summed E-state index contributed by atoms with van der Waals surface area (Å²) in [7, 11) is 3.45. The van der Waals surface area contributed by atoms with Crippen molar-refractivity contribution in [1.82, 2.24) is 10.6 Å². The van der Waals surface area contributed by atoms with Gasteiger partial charge in [0.1, 0.15) is 11.6 Å². The first kappa shape index (κ1) is 24.4. The topological polar surface area (TPSA) is 54.9 Å². The number of ether oxygens (including phenoxy) is 2. The van der Waals surface area contributed by atoms with Crippen molar-refractivity contribution >= 4 is 29.9 Å². The first-order valence-corrected chi connectivity index (χ1v) is 10.1. The number of nitrogens with zero attached hydrogens (tertiary/aromatic N) is 1. The summed E-state index contributed by atoms with van der Waals surface area (Å²) in [6.45, 7) is 2.76. The number of guanidine groups is 1. The van der Waals surface area contributed by atoms with Crippen LogP contribution in [-0.4, -0.2) is 46.4 Å². The Morgan fingerprint density at radius 2 is 1.90 bits per heavy atom. The van der Waals surface area contributed by atoms with Gasteiger partial charge in [-0.1, -0.05) is 30.3 Å². The molecule has 2 aromatic carbocycles. The highest BCUT2D eigenvalue weighted by atomic mass is 127. The van der Waals surface area contributed by atoms with E-state index in [4.69, 9.17) is 9.47 Å². The highest BCUT2D eigenvalue weighted by molar-refractivity contribution is 14.0. The van der Waals surface area contributed by atoms with Gasteiger partial charge in [0, 0.05) is 38.8 Å². The average Bonchev–Trinajstić information content (AvgIpc) is 2.77. The van der Waals surface area contributed by atoms with Gasteiger partial charge in [-0.25, -0.2) is 4.39 Å². The number of benzene rings is 2. The Kier molecular flexibility index (Phi) is 9.84. The van der Waals surface area contributed by atoms with Crippen LogP contribution in [-0.2, 0) is 16.6 Å². The minimum Gasteiger partial charge on any atom is -0.496 e. The Labute approximate surface area is 195 Å². The predicted molar refractivity (Wildman–Crippen MR) is 130 cm³/mol. The Bertz CT molecular complexity index is 826. The first-order chi connectivity index (χ1) is 14.2. The van der Waals surface area contributed by atoms with E-state index in [1.165, 1.54) is 6.07 Å². The molecule has 0 radical (unpaired) electrons. The molecule has 2 N–H and O–H groups in total. The van der Waals surface area contributed by atoms with E-state index < -0.39 is 0 Å². The van der Waals surface area contributed by atoms with Crippen LogP contribution in [0.3, 0.4) is 0 Å². The van der Waals surface area contributed by atoms with Crippen LogP contribution >= 0.6 is 24.0 Å². The maximum Gasteiger partial charge on any atom is 0.191 e. The molecular weight excluding hydrogens is 496 g/mol. The first-order valence-electron chi connectivity index (χ1n) is 10.1. The smallest absolute Gasteiger partial charge is 0.191 e. The average molecular weight is 527 g/mol. The van der Waals surface area contributed by atoms with E-state index >= 15 is 0 Å². The zero-order valence-corrected chi connectivity index (χ0v) is 19.9. The molecule has 0 bridgehead atoms. The summed E-state index contributed by atoms with van der Waals surface area (Å²) >= 11 is 0. The maximum atomic E-state index is 13.8. The molecule has 2 aromatic rings. The molecule has 1 aliphatic rings. The van der Waals surface area contributed by atoms with E-state index in [-0.39, 0.29) is 35.2 Å². The van der Waals surface area contributed by atoms with Crippen molar-refractivity contribution < 1.29 is 13.9 Å². The second-order valence-electron chi connectivity index (χ2n) is 7.32. The molecule has 1 heterocycles. The summed E-state index contributed by atoms with van der Waals surface area (Å²) in [5, 5.41) is 6.81. The molecule has 164 valence electrons. The number of nitrogens with one attached hydrogen (secondary N) is 2. The van der Waals surface area contributed by atoms with Gasteiger partial charge < -0.3 is 20.1 Å². The largest absolute Gasteiger partial charge is 0.496 e. The van der Waals surface area contributed by atoms with E-state index in [9.17, 15) is 4.39 Å². The SMILES string of the molecule is CN=C(NCCc1ccccc1OC)NCC1(c2cccc(F)c2)CCOCC1.I. The van der Waals surface area contributed by atoms with Crippen molar-refractivity contribution in [1.29, 1.82) is 0 Å². The lowest BCUT2D eigenvalue weighted by Crippen LogP contribution is -2.48. The van der Waals surface area contributed by atoms with Gasteiger partial charge in [0.25, 0.3) is 0 Å². The minimum absolute atomic E-state index is 0. The van der Waals surface area contributed by atoms with Gasteiger partial charge in [0.15, 0.2) is 5.96 Å². The fourth-order valence-corrected chi connectivity index (χ4v) is 3.85. The summed E-state index contributed by atoms with van der Waals surface area (Å²) in [4.78, 5) is 4.35. The summed E-state index contributed by atoms with van der Waals surface area (Å²) in [6.07, 6.45) is 2.52. The number of para-hydroxylation sites is 1. The lowest BCUT2D eigenvalue weighted by molar-refractivity contribution is 0.0513. The molecule has 0 amide bonds. The van der Waals surface area contributed by atoms with Gasteiger partial charge in [-0.05, 0) is 48.6 Å². The molecule has 0 spiro atoms. The molecule has 1 saturated heterocycles. The lowest BCUT2D eigenvalue weighted by Gasteiger charge is -2.38. The zero-order valence-electron chi connectivity index (χ0n) is 17.6. The summed E-state index contributed by atoms with van der Waals surface area (Å²) in [5.41, 5.74) is 2.00. The minimum atomic E-state index is -0.201. The Hall–Kier alpha value is -1.87. The van der Waals surface area contributed by atoms with Crippen LogP contribution in [0.4, 0.5) is 4.39 Å². The van der Waals surface area contributed by atoms with Gasteiger partial charge >= 0.3 is 0 Å². The monoisotopic (exact) mass is 527 g/mol. The molecule has 0 unspecified atom stereocenters. The summed E-state index contributed by atoms with van der Waals surface area (Å²) in [6, 6.07) is 14.9. The van der Waals surface area contributed by atoms with Crippen molar-refractivity contribution in [2.24, 2.45) is 4.99 Å². The van der Waals surface area contributed by atoms with Crippen molar-refractivity contribution in [3.63, 3.8) is 0 Å². The van der Waals surface area contributed by atoms with Crippen LogP contribution < -0.4 is 15.4 Å². The fourth-order valence-electron chi connectivity index (χ4n) is 3.85. The number of hydrogen-bond acceptors (Lipinski definition) is 3. The summed E-state index contributed by atoms with van der Waals surface area (Å²) in [5.74, 6) is 1.43. The normalized spacial score (nSPS) is 15.8. The standard InChI is InChI=1S/C23H30FN3O2.HI/c1-25-22(26-13-10-18-6-3-4-9-21(18)28-2)27-17-23(11-14-29-15-12-23)19-7-5-8-20(24)16-19;/h3-9,16H,10-15,17H2,1-2H3,(H2,25,26,27);1H. The molecule has 0 aromatic heterocycles. The number of hydrogen-bond donors (Lipinski definition) is 2. The van der Waals surface area contributed by atoms with Gasteiger partial charge in [-0.15, -0.1) is 24.0 Å². The third kappa shape index (κ3) is 6.31. The van der Waals surface area contributed by atoms with Crippen LogP contribution in [0.2, 0.25) is 0 Å². The summed E-state index contributed by atoms with van der Waals surface area (Å²) < 4.78 is 24.8. The molecule has 0 aliphatic carbocycles. The van der Waals surface area contributed by atoms with Gasteiger partial charge in [-0.3, -0.25) is 4.99 Å². The van der Waals surface area contributed by atoms with Crippen LogP contribution in [0, 0.1) is 5.82 Å². The molecule has 5 nitrogen and oxygen atoms in total. The number of rotatable bonds is 7. The van der Waals surface area contributed by atoms with Crippen LogP contribution in [0.25, 0.3) is 0 Å². The zero-order chi connectivity index (χ0) is 20.5. The van der Waals surface area contributed by atoms with Crippen molar-refractivity contribution in [3.05, 3.63) is 65.5 Å². The predicted octanol–water partition coefficient (Wildman–Crippen LogP) is 3.91. The van der Waals surface area contributed by atoms with Gasteiger partial charge in [0.05, 0.1) is 7.11 Å². The highest BCUT2D eigenvalue weighted by Gasteiger charge is 2.34. The van der Waals surface area contributed by atoms with Crippen LogP contribution in [0.1, 0.15) is 24.0 Å². The van der Waals surface area contributed by atoms with Crippen LogP contribution in [0.15, 0.2) is 53.5 Å². The third-order valence-corrected chi connectivity index (χ3v) is 5.58. The highest BCUT2D eigenvalue weighted by Crippen LogP contribution is 2.34. The van der Waals surface area contributed by atoms with Crippen molar-refractivity contribution in [2.45, 2.75) is 24.7 Å². The van der Waals surface area contributed by atoms with Crippen LogP contribution in [0.5, 0.6) is 5.75 Å². The molecule has 1 aliphatic heterocycles. The molecule has 7 heteroatoms. The molecule has 0 atom stereocenters. The van der Waals surface area contributed by atoms with E-state index in [2.05, 4.69) is 21.7 Å². The molecule has 1 fully saturated rings. The third-order valence-electron chi connectivity index (χ3n) is 5.58. The van der Waals surface area contributed by atoms with E-state index in [1.807, 2.05) is 24.3 Å². The maximum absolute atomic E-state index is 13.8. The van der Waals surface area contributed by atoms with E-state index in [0.717, 1.165) is 48.6 Å². The Morgan fingerprint density at radius 3 is 2.60 bits per heavy atom. The molecule has 30 heavy (non-hydrogen) atoms. The fraction of sp³-hybridized carbons (Fsp3) is 0.435. The molecule has 0 saturated carbocycles. The Morgan fingerprint density at radius 1 is 1.13 bits per heavy atom. The number of methoxy groups -OCH3 is 1. The number of aliphatic imine (C=N–C) groups is 1. The second kappa shape index (κ2) is 12.1. The Balaban J connectivity index is 0.00000320. The van der Waals surface area contributed by atoms with Crippen molar-refractivity contribution in [2.75, 3.05) is 40.5 Å². The van der Waals surface area contributed by atoms with E-state index in [1.54, 1.807) is 26.3 Å². The number of halogens is 2. The molecular formula is C23H31FIN3O2.